The lowest BCUT2D eigenvalue weighted by atomic mass is 10.0. The lowest BCUT2D eigenvalue weighted by Crippen LogP contribution is -2.37. The van der Waals surface area contributed by atoms with Crippen molar-refractivity contribution >= 4 is 11.7 Å². The molecule has 5 nitrogen and oxygen atoms in total. The van der Waals surface area contributed by atoms with Gasteiger partial charge in [0.25, 0.3) is 5.91 Å². The van der Waals surface area contributed by atoms with Gasteiger partial charge in [-0.15, -0.1) is 0 Å². The Labute approximate surface area is 102 Å². The number of nitrogen functional groups attached to an aromatic ring is 1. The highest BCUT2D eigenvalue weighted by molar-refractivity contribution is 5.92. The zero-order valence-corrected chi connectivity index (χ0v) is 10.5. The van der Waals surface area contributed by atoms with E-state index in [1.807, 2.05) is 6.92 Å². The number of carbonyl (C=O) groups is 1. The molecule has 1 aromatic rings. The SMILES string of the molecule is CCC(C)C(C)NC(=O)c1cccc(NN)n1. The van der Waals surface area contributed by atoms with Gasteiger partial charge in [0, 0.05) is 6.04 Å². The third kappa shape index (κ3) is 3.71. The molecular formula is C12H20N4O. The summed E-state index contributed by atoms with van der Waals surface area (Å²) in [6, 6.07) is 5.24. The van der Waals surface area contributed by atoms with Crippen molar-refractivity contribution in [2.75, 3.05) is 5.43 Å². The van der Waals surface area contributed by atoms with Crippen molar-refractivity contribution in [3.05, 3.63) is 23.9 Å². The van der Waals surface area contributed by atoms with Gasteiger partial charge < -0.3 is 10.7 Å². The molecule has 4 N–H and O–H groups in total. The van der Waals surface area contributed by atoms with Gasteiger partial charge >= 0.3 is 0 Å². The fourth-order valence-electron chi connectivity index (χ4n) is 1.42. The molecule has 17 heavy (non-hydrogen) atoms. The average molecular weight is 236 g/mol. The Kier molecular flexibility index (Phi) is 4.90. The molecule has 5 heteroatoms. The molecule has 1 heterocycles. The largest absolute Gasteiger partial charge is 0.348 e. The van der Waals surface area contributed by atoms with Crippen molar-refractivity contribution in [1.29, 1.82) is 0 Å². The number of amides is 1. The quantitative estimate of drug-likeness (QED) is 0.535. The van der Waals surface area contributed by atoms with Crippen LogP contribution in [0.15, 0.2) is 18.2 Å². The maximum atomic E-state index is 11.9. The summed E-state index contributed by atoms with van der Waals surface area (Å²) in [5.41, 5.74) is 2.79. The number of anilines is 1. The molecule has 0 radical (unpaired) electrons. The van der Waals surface area contributed by atoms with E-state index in [1.165, 1.54) is 0 Å². The summed E-state index contributed by atoms with van der Waals surface area (Å²) >= 11 is 0. The first-order valence-corrected chi connectivity index (χ1v) is 5.83. The van der Waals surface area contributed by atoms with Crippen LogP contribution in [0.2, 0.25) is 0 Å². The Balaban J connectivity index is 2.69. The fourth-order valence-corrected chi connectivity index (χ4v) is 1.42. The van der Waals surface area contributed by atoms with Crippen molar-refractivity contribution in [3.63, 3.8) is 0 Å². The first-order chi connectivity index (χ1) is 8.08. The maximum absolute atomic E-state index is 11.9. The molecule has 0 aromatic carbocycles. The van der Waals surface area contributed by atoms with E-state index in [4.69, 9.17) is 5.84 Å². The molecule has 0 saturated carbocycles. The molecule has 2 atom stereocenters. The molecule has 0 bridgehead atoms. The second-order valence-corrected chi connectivity index (χ2v) is 4.20. The van der Waals surface area contributed by atoms with Crippen LogP contribution in [-0.2, 0) is 0 Å². The van der Waals surface area contributed by atoms with Crippen LogP contribution in [0, 0.1) is 5.92 Å². The van der Waals surface area contributed by atoms with Gasteiger partial charge in [-0.1, -0.05) is 26.3 Å². The van der Waals surface area contributed by atoms with Gasteiger partial charge in [-0.3, -0.25) is 4.79 Å². The van der Waals surface area contributed by atoms with Gasteiger partial charge in [-0.05, 0) is 25.0 Å². The minimum Gasteiger partial charge on any atom is -0.348 e. The monoisotopic (exact) mass is 236 g/mol. The molecule has 1 rings (SSSR count). The van der Waals surface area contributed by atoms with Crippen LogP contribution < -0.4 is 16.6 Å². The molecule has 94 valence electrons. The number of nitrogens with zero attached hydrogens (tertiary/aromatic N) is 1. The zero-order chi connectivity index (χ0) is 12.8. The van der Waals surface area contributed by atoms with Crippen molar-refractivity contribution in [1.82, 2.24) is 10.3 Å². The second kappa shape index (κ2) is 6.20. The molecule has 1 amide bonds. The number of hydrazine groups is 1. The van der Waals surface area contributed by atoms with Gasteiger partial charge in [0.1, 0.15) is 11.5 Å². The highest BCUT2D eigenvalue weighted by Crippen LogP contribution is 2.08. The number of aromatic nitrogens is 1. The number of pyridine rings is 1. The van der Waals surface area contributed by atoms with Crippen LogP contribution >= 0.6 is 0 Å². The first-order valence-electron chi connectivity index (χ1n) is 5.83. The molecule has 2 unspecified atom stereocenters. The smallest absolute Gasteiger partial charge is 0.270 e. The lowest BCUT2D eigenvalue weighted by molar-refractivity contribution is 0.0923. The van der Waals surface area contributed by atoms with Crippen molar-refractivity contribution in [2.45, 2.75) is 33.2 Å². The highest BCUT2D eigenvalue weighted by Gasteiger charge is 2.15. The average Bonchev–Trinajstić information content (AvgIpc) is 2.37. The van der Waals surface area contributed by atoms with E-state index in [9.17, 15) is 4.79 Å². The van der Waals surface area contributed by atoms with E-state index >= 15 is 0 Å². The maximum Gasteiger partial charge on any atom is 0.270 e. The van der Waals surface area contributed by atoms with E-state index in [2.05, 4.69) is 29.6 Å². The van der Waals surface area contributed by atoms with Gasteiger partial charge in [-0.25, -0.2) is 10.8 Å². The summed E-state index contributed by atoms with van der Waals surface area (Å²) in [6.07, 6.45) is 1.03. The molecular weight excluding hydrogens is 216 g/mol. The van der Waals surface area contributed by atoms with Crippen LogP contribution in [-0.4, -0.2) is 16.9 Å². The summed E-state index contributed by atoms with van der Waals surface area (Å²) in [7, 11) is 0. The standard InChI is InChI=1S/C12H20N4O/c1-4-8(2)9(3)14-12(17)10-6-5-7-11(15-10)16-13/h5-9H,4,13H2,1-3H3,(H,14,17)(H,15,16). The Morgan fingerprint density at radius 2 is 2.18 bits per heavy atom. The number of rotatable bonds is 5. The summed E-state index contributed by atoms with van der Waals surface area (Å²) in [5, 5.41) is 2.93. The summed E-state index contributed by atoms with van der Waals surface area (Å²) in [4.78, 5) is 16.0. The van der Waals surface area contributed by atoms with Crippen LogP contribution in [0.4, 0.5) is 5.82 Å². The Hall–Kier alpha value is -1.62. The summed E-state index contributed by atoms with van der Waals surface area (Å²) in [6.45, 7) is 6.21. The summed E-state index contributed by atoms with van der Waals surface area (Å²) in [5.74, 6) is 5.99. The number of nitrogens with one attached hydrogen (secondary N) is 2. The van der Waals surface area contributed by atoms with E-state index < -0.39 is 0 Å². The second-order valence-electron chi connectivity index (χ2n) is 4.20. The molecule has 0 spiro atoms. The van der Waals surface area contributed by atoms with Crippen LogP contribution in [0.3, 0.4) is 0 Å². The van der Waals surface area contributed by atoms with E-state index in [0.717, 1.165) is 6.42 Å². The Morgan fingerprint density at radius 3 is 2.76 bits per heavy atom. The number of carbonyl (C=O) groups excluding carboxylic acids is 1. The predicted molar refractivity (Wildman–Crippen MR) is 68.4 cm³/mol. The molecule has 0 aliphatic rings. The van der Waals surface area contributed by atoms with Crippen LogP contribution in [0.25, 0.3) is 0 Å². The third-order valence-corrected chi connectivity index (χ3v) is 2.99. The van der Waals surface area contributed by atoms with Crippen LogP contribution in [0.5, 0.6) is 0 Å². The van der Waals surface area contributed by atoms with Crippen molar-refractivity contribution in [3.8, 4) is 0 Å². The molecule has 0 aliphatic carbocycles. The van der Waals surface area contributed by atoms with Gasteiger partial charge in [0.2, 0.25) is 0 Å². The number of nitrogens with two attached hydrogens (primary N) is 1. The molecule has 0 aliphatic heterocycles. The highest BCUT2D eigenvalue weighted by atomic mass is 16.1. The fraction of sp³-hybridized carbons (Fsp3) is 0.500. The van der Waals surface area contributed by atoms with E-state index in [1.54, 1.807) is 18.2 Å². The molecule has 1 aromatic heterocycles. The third-order valence-electron chi connectivity index (χ3n) is 2.99. The van der Waals surface area contributed by atoms with Crippen molar-refractivity contribution < 1.29 is 4.79 Å². The first kappa shape index (κ1) is 13.4. The predicted octanol–water partition coefficient (Wildman–Crippen LogP) is 1.53. The van der Waals surface area contributed by atoms with E-state index in [0.29, 0.717) is 17.4 Å². The summed E-state index contributed by atoms with van der Waals surface area (Å²) < 4.78 is 0. The molecule has 0 saturated heterocycles. The van der Waals surface area contributed by atoms with Gasteiger partial charge in [0.15, 0.2) is 0 Å². The number of hydrogen-bond acceptors (Lipinski definition) is 4. The lowest BCUT2D eigenvalue weighted by Gasteiger charge is -2.19. The molecule has 0 fully saturated rings. The Bertz CT molecular complexity index is 381. The number of hydrogen-bond donors (Lipinski definition) is 3. The minimum atomic E-state index is -0.171. The van der Waals surface area contributed by atoms with E-state index in [-0.39, 0.29) is 11.9 Å². The van der Waals surface area contributed by atoms with Gasteiger partial charge in [-0.2, -0.15) is 0 Å². The normalized spacial score (nSPS) is 13.9. The zero-order valence-electron chi connectivity index (χ0n) is 10.5. The topological polar surface area (TPSA) is 80.0 Å². The Morgan fingerprint density at radius 1 is 1.47 bits per heavy atom. The van der Waals surface area contributed by atoms with Crippen LogP contribution in [0.1, 0.15) is 37.7 Å². The van der Waals surface area contributed by atoms with Crippen molar-refractivity contribution in [2.24, 2.45) is 11.8 Å². The minimum absolute atomic E-state index is 0.129. The van der Waals surface area contributed by atoms with Gasteiger partial charge in [0.05, 0.1) is 0 Å².